The van der Waals surface area contributed by atoms with Crippen molar-refractivity contribution in [1.82, 2.24) is 4.57 Å². The number of anilines is 2. The molecule has 0 atom stereocenters. The van der Waals surface area contributed by atoms with Crippen molar-refractivity contribution in [2.45, 2.75) is 72.4 Å². The fraction of sp³-hybridized carbons (Fsp3) is 0.433. The smallest absolute Gasteiger partial charge is 0.282 e. The summed E-state index contributed by atoms with van der Waals surface area (Å²) in [4.78, 5) is 2.20. The maximum Gasteiger partial charge on any atom is 0.282 e. The van der Waals surface area contributed by atoms with Crippen molar-refractivity contribution in [3.63, 3.8) is 0 Å². The zero-order chi connectivity index (χ0) is 31.0. The predicted molar refractivity (Wildman–Crippen MR) is 179 cm³/mol. The summed E-state index contributed by atoms with van der Waals surface area (Å²) in [5.74, 6) is 0.627. The van der Waals surface area contributed by atoms with Gasteiger partial charge in [0.2, 0.25) is 0 Å². The zero-order valence-corrected chi connectivity index (χ0v) is 28.1. The highest BCUT2D eigenvalue weighted by molar-refractivity contribution is 7.85. The molecule has 0 bridgehead atoms. The van der Waals surface area contributed by atoms with Crippen molar-refractivity contribution in [3.8, 4) is 0 Å². The Kier molecular flexibility index (Phi) is 12.9. The van der Waals surface area contributed by atoms with Gasteiger partial charge in [-0.25, -0.2) is 9.13 Å². The lowest BCUT2D eigenvalue weighted by Crippen LogP contribution is -2.36. The molecule has 0 unspecified atom stereocenters. The Balaban J connectivity index is 2.07. The van der Waals surface area contributed by atoms with Gasteiger partial charge < -0.3 is 10.6 Å². The van der Waals surface area contributed by atoms with Gasteiger partial charge in [0.15, 0.2) is 11.0 Å². The number of fused-ring (bicyclic) bond motifs is 1. The molecule has 12 heteroatoms. The number of hydrogen-bond donors (Lipinski definition) is 2. The van der Waals surface area contributed by atoms with Crippen molar-refractivity contribution in [1.29, 1.82) is 0 Å². The molecular formula is C30H39Cl4N4O3S+. The highest BCUT2D eigenvalue weighted by Crippen LogP contribution is 2.36. The van der Waals surface area contributed by atoms with Crippen molar-refractivity contribution >= 4 is 85.0 Å². The van der Waals surface area contributed by atoms with E-state index < -0.39 is 10.1 Å². The van der Waals surface area contributed by atoms with Crippen LogP contribution in [0.3, 0.4) is 0 Å². The molecule has 0 aliphatic heterocycles. The van der Waals surface area contributed by atoms with Gasteiger partial charge in [-0.15, -0.1) is 0 Å². The summed E-state index contributed by atoms with van der Waals surface area (Å²) in [5, 5.41) is 1.77. The molecule has 0 fully saturated rings. The number of nitrogen functional groups attached to an aromatic ring is 1. The highest BCUT2D eigenvalue weighted by atomic mass is 35.5. The van der Waals surface area contributed by atoms with Gasteiger partial charge in [0.05, 0.1) is 50.3 Å². The number of benzene rings is 2. The first-order chi connectivity index (χ1) is 19.9. The Morgan fingerprint density at radius 2 is 1.64 bits per heavy atom. The summed E-state index contributed by atoms with van der Waals surface area (Å²) in [6.45, 7) is 8.32. The number of nitrogens with zero attached hydrogens (tertiary/aromatic N) is 3. The Hall–Kier alpha value is -1.94. The first kappa shape index (κ1) is 34.5. The summed E-state index contributed by atoms with van der Waals surface area (Å²) < 4.78 is 35.9. The molecule has 42 heavy (non-hydrogen) atoms. The van der Waals surface area contributed by atoms with Gasteiger partial charge in [-0.05, 0) is 50.8 Å². The van der Waals surface area contributed by atoms with Crippen LogP contribution in [0.5, 0.6) is 0 Å². The van der Waals surface area contributed by atoms with E-state index in [2.05, 4.69) is 40.9 Å². The molecule has 0 saturated heterocycles. The molecule has 1 aromatic heterocycles. The number of halogens is 4. The van der Waals surface area contributed by atoms with E-state index in [4.69, 9.17) is 56.7 Å². The molecule has 3 aromatic rings. The van der Waals surface area contributed by atoms with Crippen molar-refractivity contribution < 1.29 is 17.5 Å². The van der Waals surface area contributed by atoms with Crippen molar-refractivity contribution in [2.24, 2.45) is 0 Å². The Labute approximate surface area is 269 Å². The number of aromatic nitrogens is 2. The number of imidazole rings is 1. The van der Waals surface area contributed by atoms with Gasteiger partial charge in [-0.3, -0.25) is 4.55 Å². The van der Waals surface area contributed by atoms with E-state index in [9.17, 15) is 8.42 Å². The fourth-order valence-electron chi connectivity index (χ4n) is 5.02. The summed E-state index contributed by atoms with van der Waals surface area (Å²) in [6.07, 6.45) is 10.9. The number of rotatable bonds is 15. The van der Waals surface area contributed by atoms with Crippen LogP contribution in [0, 0.1) is 0 Å². The van der Waals surface area contributed by atoms with E-state index >= 15 is 0 Å². The van der Waals surface area contributed by atoms with Gasteiger partial charge in [0, 0.05) is 30.5 Å². The number of aryl methyl sites for hydroxylation is 2. The van der Waals surface area contributed by atoms with E-state index in [0.29, 0.717) is 51.7 Å². The molecule has 0 amide bonds. The molecule has 7 nitrogen and oxygen atoms in total. The SMILES string of the molecule is CCCCCN(C(=C/C=C/c1n(CC)c2cc(Cl)c(Cl)cc2[n+]1CCCCS(=O)(=O)O)CC)c1cc(Cl)c(Cl)cc1N. The number of hydrogen-bond acceptors (Lipinski definition) is 4. The van der Waals surface area contributed by atoms with E-state index in [1.54, 1.807) is 6.07 Å². The quantitative estimate of drug-likeness (QED) is 0.0552. The Bertz CT molecular complexity index is 1570. The Morgan fingerprint density at radius 1 is 0.976 bits per heavy atom. The lowest BCUT2D eigenvalue weighted by Gasteiger charge is -2.29. The van der Waals surface area contributed by atoms with Crippen LogP contribution in [0.4, 0.5) is 11.4 Å². The van der Waals surface area contributed by atoms with Gasteiger partial charge in [-0.2, -0.15) is 8.42 Å². The highest BCUT2D eigenvalue weighted by Gasteiger charge is 2.24. The van der Waals surface area contributed by atoms with E-state index in [0.717, 1.165) is 60.5 Å². The third kappa shape index (κ3) is 8.80. The molecule has 0 spiro atoms. The second-order valence-corrected chi connectivity index (χ2v) is 13.3. The largest absolute Gasteiger partial charge is 0.397 e. The number of nitrogens with two attached hydrogens (primary N) is 1. The minimum absolute atomic E-state index is 0.286. The molecule has 3 N–H and O–H groups in total. The maximum atomic E-state index is 11.3. The second kappa shape index (κ2) is 15.7. The van der Waals surface area contributed by atoms with Crippen molar-refractivity contribution in [2.75, 3.05) is 22.9 Å². The Morgan fingerprint density at radius 3 is 2.29 bits per heavy atom. The average molecular weight is 678 g/mol. The minimum Gasteiger partial charge on any atom is -0.397 e. The standard InChI is InChI=1S/C30H38Cl4N4O3S/c1-4-7-8-14-37(27-18-23(32)22(31)17-26(27)35)21(5-2)12-11-13-30-36(6-3)28-19-24(33)25(34)20-29(28)38(30)15-9-10-16-42(39,40)41/h11-13,17-20H,4-10,14-16,35H2,1-3H3/p+1. The third-order valence-electron chi connectivity index (χ3n) is 7.09. The topological polar surface area (TPSA) is 92.4 Å². The molecule has 3 rings (SSSR count). The first-order valence-corrected chi connectivity index (χ1v) is 17.3. The normalized spacial score (nSPS) is 12.6. The van der Waals surface area contributed by atoms with Crippen LogP contribution in [-0.4, -0.2) is 29.8 Å². The lowest BCUT2D eigenvalue weighted by molar-refractivity contribution is -0.674. The van der Waals surface area contributed by atoms with Crippen LogP contribution in [-0.2, 0) is 23.2 Å². The van der Waals surface area contributed by atoms with Crippen LogP contribution in [0.1, 0.15) is 65.1 Å². The molecule has 0 aliphatic rings. The third-order valence-corrected chi connectivity index (χ3v) is 9.34. The molecule has 1 heterocycles. The molecule has 0 aliphatic carbocycles. The maximum absolute atomic E-state index is 11.3. The van der Waals surface area contributed by atoms with Crippen LogP contribution in [0.15, 0.2) is 42.1 Å². The van der Waals surface area contributed by atoms with E-state index in [1.807, 2.05) is 30.4 Å². The number of allylic oxidation sites excluding steroid dienone is 3. The van der Waals surface area contributed by atoms with Crippen LogP contribution < -0.4 is 15.2 Å². The minimum atomic E-state index is -4.02. The lowest BCUT2D eigenvalue weighted by atomic mass is 10.1. The van der Waals surface area contributed by atoms with Crippen LogP contribution in [0.2, 0.25) is 20.1 Å². The monoisotopic (exact) mass is 675 g/mol. The summed E-state index contributed by atoms with van der Waals surface area (Å²) in [7, 11) is -4.02. The van der Waals surface area contributed by atoms with Gasteiger partial charge >= 0.3 is 0 Å². The molecule has 230 valence electrons. The van der Waals surface area contributed by atoms with Crippen LogP contribution in [0.25, 0.3) is 17.1 Å². The van der Waals surface area contributed by atoms with Gasteiger partial charge in [0.1, 0.15) is 0 Å². The van der Waals surface area contributed by atoms with Crippen molar-refractivity contribution in [3.05, 3.63) is 68.0 Å². The fourth-order valence-corrected chi connectivity index (χ4v) is 6.24. The second-order valence-electron chi connectivity index (χ2n) is 10.1. The zero-order valence-electron chi connectivity index (χ0n) is 24.2. The van der Waals surface area contributed by atoms with E-state index in [1.165, 1.54) is 0 Å². The van der Waals surface area contributed by atoms with Gasteiger partial charge in [0.25, 0.3) is 15.9 Å². The molecule has 0 radical (unpaired) electrons. The van der Waals surface area contributed by atoms with Crippen LogP contribution >= 0.6 is 46.4 Å². The number of unbranched alkanes of at least 4 members (excludes halogenated alkanes) is 3. The van der Waals surface area contributed by atoms with Gasteiger partial charge in [-0.1, -0.05) is 79.2 Å². The molecular weight excluding hydrogens is 638 g/mol. The predicted octanol–water partition coefficient (Wildman–Crippen LogP) is 8.82. The summed E-state index contributed by atoms with van der Waals surface area (Å²) >= 11 is 25.4. The summed E-state index contributed by atoms with van der Waals surface area (Å²) in [6, 6.07) is 7.20. The molecule has 2 aromatic carbocycles. The first-order valence-electron chi connectivity index (χ1n) is 14.2. The molecule has 0 saturated carbocycles. The summed E-state index contributed by atoms with van der Waals surface area (Å²) in [5.41, 5.74) is 10.7. The van der Waals surface area contributed by atoms with E-state index in [-0.39, 0.29) is 5.75 Å². The average Bonchev–Trinajstić information content (AvgIpc) is 3.20.